The summed E-state index contributed by atoms with van der Waals surface area (Å²) in [6.07, 6.45) is -2.83. The molecule has 1 amide bonds. The van der Waals surface area contributed by atoms with Gasteiger partial charge in [-0.05, 0) is 23.8 Å². The van der Waals surface area contributed by atoms with Crippen LogP contribution >= 0.6 is 0 Å². The number of anilines is 4. The highest BCUT2D eigenvalue weighted by Gasteiger charge is 2.35. The van der Waals surface area contributed by atoms with Gasteiger partial charge in [-0.15, -0.1) is 0 Å². The van der Waals surface area contributed by atoms with E-state index in [0.29, 0.717) is 17.6 Å². The van der Waals surface area contributed by atoms with E-state index in [1.54, 1.807) is 18.2 Å². The Morgan fingerprint density at radius 1 is 1.30 bits per heavy atom. The Balaban J connectivity index is 1.79. The van der Waals surface area contributed by atoms with Crippen molar-refractivity contribution >= 4 is 39.1 Å². The monoisotopic (exact) mass is 444 g/mol. The van der Waals surface area contributed by atoms with Crippen molar-refractivity contribution in [2.45, 2.75) is 12.6 Å². The molecule has 0 atom stereocenters. The van der Waals surface area contributed by atoms with Crippen molar-refractivity contribution in [3.8, 4) is 0 Å². The van der Waals surface area contributed by atoms with E-state index in [-0.39, 0.29) is 31.4 Å². The third-order valence-electron chi connectivity index (χ3n) is 4.37. The number of nitrogens with zero attached hydrogens (tertiary/aromatic N) is 3. The predicted octanol–water partition coefficient (Wildman–Crippen LogP) is 2.04. The SMILES string of the molecule is CN(CCNc1nc(Nc2ccc3c(c2)CC(=O)N3)ncc1C(F)(F)F)S(C)(=O)=O. The fourth-order valence-electron chi connectivity index (χ4n) is 2.72. The maximum Gasteiger partial charge on any atom is 0.421 e. The van der Waals surface area contributed by atoms with Gasteiger partial charge in [0.05, 0.1) is 12.7 Å². The number of rotatable bonds is 7. The first-order valence-corrected chi connectivity index (χ1v) is 10.6. The molecular weight excluding hydrogens is 425 g/mol. The van der Waals surface area contributed by atoms with Gasteiger partial charge in [0.2, 0.25) is 21.9 Å². The standard InChI is InChI=1S/C17H19F3N6O3S/c1-26(30(2,28)29)6-5-21-15-12(17(18,19)20)9-22-16(25-15)23-11-3-4-13-10(7-11)8-14(27)24-13/h3-4,7,9H,5-6,8H2,1-2H3,(H,24,27)(H2,21,22,23,25). The summed E-state index contributed by atoms with van der Waals surface area (Å²) in [5.74, 6) is -0.697. The molecule has 0 saturated carbocycles. The first-order chi connectivity index (χ1) is 13.9. The fraction of sp³-hybridized carbons (Fsp3) is 0.353. The van der Waals surface area contributed by atoms with Gasteiger partial charge >= 0.3 is 6.18 Å². The molecule has 0 unspecified atom stereocenters. The van der Waals surface area contributed by atoms with E-state index in [1.165, 1.54) is 7.05 Å². The van der Waals surface area contributed by atoms with Gasteiger partial charge < -0.3 is 16.0 Å². The average Bonchev–Trinajstić information content (AvgIpc) is 2.99. The molecule has 3 rings (SSSR count). The highest BCUT2D eigenvalue weighted by Crippen LogP contribution is 2.34. The Labute approximate surface area is 170 Å². The van der Waals surface area contributed by atoms with E-state index in [4.69, 9.17) is 0 Å². The first kappa shape index (κ1) is 21.8. The number of hydrogen-bond acceptors (Lipinski definition) is 7. The van der Waals surface area contributed by atoms with Crippen LogP contribution in [-0.2, 0) is 27.4 Å². The van der Waals surface area contributed by atoms with Crippen LogP contribution in [-0.4, -0.2) is 55.0 Å². The van der Waals surface area contributed by atoms with Gasteiger partial charge in [0, 0.05) is 37.7 Å². The topological polar surface area (TPSA) is 116 Å². The maximum absolute atomic E-state index is 13.3. The Bertz CT molecular complexity index is 1070. The minimum atomic E-state index is -4.69. The first-order valence-electron chi connectivity index (χ1n) is 8.73. The largest absolute Gasteiger partial charge is 0.421 e. The molecule has 3 N–H and O–H groups in total. The van der Waals surface area contributed by atoms with Crippen LogP contribution < -0.4 is 16.0 Å². The van der Waals surface area contributed by atoms with Crippen molar-refractivity contribution in [1.29, 1.82) is 0 Å². The summed E-state index contributed by atoms with van der Waals surface area (Å²) in [5, 5.41) is 8.03. The van der Waals surface area contributed by atoms with Gasteiger partial charge in [-0.1, -0.05) is 0 Å². The Morgan fingerprint density at radius 2 is 2.03 bits per heavy atom. The van der Waals surface area contributed by atoms with Crippen molar-refractivity contribution in [2.75, 3.05) is 42.3 Å². The van der Waals surface area contributed by atoms with Crippen LogP contribution in [0.25, 0.3) is 0 Å². The number of alkyl halides is 3. The van der Waals surface area contributed by atoms with Gasteiger partial charge in [0.25, 0.3) is 0 Å². The zero-order valence-corrected chi connectivity index (χ0v) is 16.9. The molecule has 2 aromatic rings. The molecule has 0 radical (unpaired) electrons. The summed E-state index contributed by atoms with van der Waals surface area (Å²) in [6, 6.07) is 4.99. The van der Waals surface area contributed by atoms with Crippen molar-refractivity contribution in [1.82, 2.24) is 14.3 Å². The van der Waals surface area contributed by atoms with Crippen molar-refractivity contribution < 1.29 is 26.4 Å². The number of halogens is 3. The van der Waals surface area contributed by atoms with Crippen molar-refractivity contribution in [3.05, 3.63) is 35.5 Å². The number of likely N-dealkylation sites (N-methyl/N-ethyl adjacent to an activating group) is 1. The smallest absolute Gasteiger partial charge is 0.368 e. The number of carbonyl (C=O) groups is 1. The second kappa shape index (κ2) is 8.07. The highest BCUT2D eigenvalue weighted by molar-refractivity contribution is 7.88. The number of nitrogens with one attached hydrogen (secondary N) is 3. The van der Waals surface area contributed by atoms with Crippen LogP contribution in [0, 0.1) is 0 Å². The number of amides is 1. The molecule has 1 aromatic heterocycles. The molecule has 0 spiro atoms. The molecule has 30 heavy (non-hydrogen) atoms. The maximum atomic E-state index is 13.3. The lowest BCUT2D eigenvalue weighted by atomic mass is 10.1. The van der Waals surface area contributed by atoms with E-state index in [0.717, 1.165) is 16.1 Å². The minimum Gasteiger partial charge on any atom is -0.368 e. The third kappa shape index (κ3) is 5.16. The van der Waals surface area contributed by atoms with Crippen molar-refractivity contribution in [2.24, 2.45) is 0 Å². The van der Waals surface area contributed by atoms with E-state index in [1.807, 2.05) is 0 Å². The number of sulfonamides is 1. The Hall–Kier alpha value is -2.93. The molecule has 0 bridgehead atoms. The lowest BCUT2D eigenvalue weighted by Gasteiger charge is -2.17. The van der Waals surface area contributed by atoms with E-state index in [9.17, 15) is 26.4 Å². The lowest BCUT2D eigenvalue weighted by Crippen LogP contribution is -2.31. The van der Waals surface area contributed by atoms with Gasteiger partial charge in [0.1, 0.15) is 11.4 Å². The summed E-state index contributed by atoms with van der Waals surface area (Å²) in [4.78, 5) is 19.1. The van der Waals surface area contributed by atoms with Gasteiger partial charge in [-0.25, -0.2) is 17.7 Å². The zero-order valence-electron chi connectivity index (χ0n) is 16.0. The molecular formula is C17H19F3N6O3S. The second-order valence-corrected chi connectivity index (χ2v) is 8.78. The van der Waals surface area contributed by atoms with Crippen LogP contribution in [0.3, 0.4) is 0 Å². The van der Waals surface area contributed by atoms with Gasteiger partial charge in [0.15, 0.2) is 0 Å². The summed E-state index contributed by atoms with van der Waals surface area (Å²) in [7, 11) is -2.14. The molecule has 9 nitrogen and oxygen atoms in total. The molecule has 0 aliphatic carbocycles. The summed E-state index contributed by atoms with van der Waals surface area (Å²) in [5.41, 5.74) is 0.863. The number of carbonyl (C=O) groups excluding carboxylic acids is 1. The molecule has 1 aliphatic rings. The van der Waals surface area contributed by atoms with Crippen LogP contribution in [0.1, 0.15) is 11.1 Å². The summed E-state index contributed by atoms with van der Waals surface area (Å²) in [6.45, 7) is -0.134. The van der Waals surface area contributed by atoms with E-state index >= 15 is 0 Å². The molecule has 162 valence electrons. The number of fused-ring (bicyclic) bond motifs is 1. The quantitative estimate of drug-likeness (QED) is 0.598. The number of aromatic nitrogens is 2. The molecule has 1 aromatic carbocycles. The van der Waals surface area contributed by atoms with Crippen LogP contribution in [0.15, 0.2) is 24.4 Å². The lowest BCUT2D eigenvalue weighted by molar-refractivity contribution is -0.137. The summed E-state index contributed by atoms with van der Waals surface area (Å²) >= 11 is 0. The number of benzene rings is 1. The van der Waals surface area contributed by atoms with Gasteiger partial charge in [-0.3, -0.25) is 4.79 Å². The van der Waals surface area contributed by atoms with E-state index < -0.39 is 27.6 Å². The zero-order chi connectivity index (χ0) is 22.1. The average molecular weight is 444 g/mol. The fourth-order valence-corrected chi connectivity index (χ4v) is 3.14. The van der Waals surface area contributed by atoms with Crippen LogP contribution in [0.4, 0.5) is 36.3 Å². The Kier molecular flexibility index (Phi) is 5.85. The minimum absolute atomic E-state index is 0.0469. The molecule has 2 heterocycles. The number of hydrogen-bond donors (Lipinski definition) is 3. The van der Waals surface area contributed by atoms with Crippen LogP contribution in [0.5, 0.6) is 0 Å². The Morgan fingerprint density at radius 3 is 2.70 bits per heavy atom. The van der Waals surface area contributed by atoms with E-state index in [2.05, 4.69) is 25.9 Å². The molecule has 13 heteroatoms. The third-order valence-corrected chi connectivity index (χ3v) is 5.68. The molecule has 0 saturated heterocycles. The molecule has 0 fully saturated rings. The molecule has 1 aliphatic heterocycles. The van der Waals surface area contributed by atoms with Gasteiger partial charge in [-0.2, -0.15) is 18.2 Å². The normalized spacial score (nSPS) is 13.9. The summed E-state index contributed by atoms with van der Waals surface area (Å²) < 4.78 is 63.7. The predicted molar refractivity (Wildman–Crippen MR) is 105 cm³/mol. The highest BCUT2D eigenvalue weighted by atomic mass is 32.2. The van der Waals surface area contributed by atoms with Crippen molar-refractivity contribution in [3.63, 3.8) is 0 Å². The van der Waals surface area contributed by atoms with Crippen LogP contribution in [0.2, 0.25) is 0 Å². The second-order valence-electron chi connectivity index (χ2n) is 6.69.